The van der Waals surface area contributed by atoms with Crippen molar-refractivity contribution in [2.45, 2.75) is 19.4 Å². The van der Waals surface area contributed by atoms with Crippen molar-refractivity contribution < 1.29 is 32.6 Å². The van der Waals surface area contributed by atoms with E-state index in [9.17, 15) is 33.2 Å². The monoisotopic (exact) mass is 487 g/mol. The van der Waals surface area contributed by atoms with E-state index in [1.807, 2.05) is 0 Å². The number of methoxy groups -OCH3 is 2. The van der Waals surface area contributed by atoms with Crippen LogP contribution in [0.4, 0.5) is 5.69 Å². The number of sulfone groups is 1. The zero-order valence-electron chi connectivity index (χ0n) is 18.6. The van der Waals surface area contributed by atoms with Gasteiger partial charge in [-0.05, 0) is 37.1 Å². The largest absolute Gasteiger partial charge is 0.494 e. The van der Waals surface area contributed by atoms with Gasteiger partial charge in [0.2, 0.25) is 5.88 Å². The van der Waals surface area contributed by atoms with E-state index in [-0.39, 0.29) is 51.4 Å². The Morgan fingerprint density at radius 3 is 2.50 bits per heavy atom. The molecule has 34 heavy (non-hydrogen) atoms. The van der Waals surface area contributed by atoms with Crippen LogP contribution in [0.15, 0.2) is 28.0 Å². The number of aromatic hydroxyl groups is 1. The number of hydrogen-bond donors (Lipinski definition) is 1. The molecule has 178 valence electrons. The highest BCUT2D eigenvalue weighted by Gasteiger charge is 2.33. The highest BCUT2D eigenvalue weighted by molar-refractivity contribution is 7.91. The van der Waals surface area contributed by atoms with Gasteiger partial charge in [-0.1, -0.05) is 0 Å². The molecule has 11 nitrogen and oxygen atoms in total. The molecule has 2 aromatic rings. The lowest BCUT2D eigenvalue weighted by molar-refractivity contribution is 0.0587. The second-order valence-electron chi connectivity index (χ2n) is 7.55. The van der Waals surface area contributed by atoms with Crippen molar-refractivity contribution >= 4 is 33.7 Å². The third-order valence-corrected chi connectivity index (χ3v) is 7.27. The average molecular weight is 487 g/mol. The normalized spacial score (nSPS) is 16.8. The molecule has 0 aliphatic carbocycles. The number of rotatable bonds is 5. The minimum atomic E-state index is -3.39. The van der Waals surface area contributed by atoms with E-state index in [0.29, 0.717) is 0 Å². The van der Waals surface area contributed by atoms with Crippen molar-refractivity contribution in [1.82, 2.24) is 4.57 Å². The van der Waals surface area contributed by atoms with E-state index in [2.05, 4.69) is 9.73 Å². The molecule has 1 fully saturated rings. The summed E-state index contributed by atoms with van der Waals surface area (Å²) >= 11 is 0. The summed E-state index contributed by atoms with van der Waals surface area (Å²) in [5.41, 5.74) is -0.858. The summed E-state index contributed by atoms with van der Waals surface area (Å²) in [5, 5.41) is 20.4. The Balaban J connectivity index is 2.20. The van der Waals surface area contributed by atoms with Crippen molar-refractivity contribution in [3.05, 3.63) is 56.4 Å². The van der Waals surface area contributed by atoms with Crippen LogP contribution in [-0.4, -0.2) is 62.0 Å². The van der Waals surface area contributed by atoms with Crippen LogP contribution >= 0.6 is 0 Å². The molecular weight excluding hydrogens is 466 g/mol. The van der Waals surface area contributed by atoms with Crippen LogP contribution in [0.25, 0.3) is 0 Å². The van der Waals surface area contributed by atoms with Crippen molar-refractivity contribution in [3.63, 3.8) is 0 Å². The minimum absolute atomic E-state index is 0.00764. The van der Waals surface area contributed by atoms with Crippen molar-refractivity contribution in [1.29, 1.82) is 5.26 Å². The van der Waals surface area contributed by atoms with Gasteiger partial charge < -0.3 is 14.6 Å². The standard InChI is InChI=1S/C22H21N3O8S/c1-12-16(9-23)19(26)25(14-6-7-34(30,31)11-14)20(27)17(12)10-24-18-8-13(21(28)32-2)4-5-15(18)22(29)33-3/h4-5,8,10,14,27H,6-7,11H2,1-3H3/t14-/m0/s1. The fourth-order valence-corrected chi connectivity index (χ4v) is 5.41. The van der Waals surface area contributed by atoms with E-state index < -0.39 is 39.3 Å². The molecule has 1 aliphatic rings. The van der Waals surface area contributed by atoms with Gasteiger partial charge >= 0.3 is 11.9 Å². The Kier molecular flexibility index (Phi) is 6.88. The molecule has 0 unspecified atom stereocenters. The predicted octanol–water partition coefficient (Wildman–Crippen LogP) is 1.42. The number of benzene rings is 1. The lowest BCUT2D eigenvalue weighted by Crippen LogP contribution is -2.29. The fraction of sp³-hybridized carbons (Fsp3) is 0.318. The number of nitriles is 1. The fourth-order valence-electron chi connectivity index (χ4n) is 3.71. The van der Waals surface area contributed by atoms with Crippen LogP contribution in [-0.2, 0) is 19.3 Å². The first-order chi connectivity index (χ1) is 16.0. The van der Waals surface area contributed by atoms with Crippen LogP contribution in [0.3, 0.4) is 0 Å². The van der Waals surface area contributed by atoms with Gasteiger partial charge in [0.1, 0.15) is 11.6 Å². The molecule has 1 aromatic heterocycles. The molecule has 12 heteroatoms. The van der Waals surface area contributed by atoms with E-state index in [1.165, 1.54) is 39.3 Å². The summed E-state index contributed by atoms with van der Waals surface area (Å²) in [6, 6.07) is 4.91. The predicted molar refractivity (Wildman–Crippen MR) is 121 cm³/mol. The second kappa shape index (κ2) is 9.48. The SMILES string of the molecule is COC(=O)c1ccc(C(=O)OC)c(N=Cc2c(C)c(C#N)c(=O)n([C@H]3CCS(=O)(=O)C3)c2O)c1. The number of ether oxygens (including phenoxy) is 2. The van der Waals surface area contributed by atoms with E-state index >= 15 is 0 Å². The third-order valence-electron chi connectivity index (χ3n) is 5.52. The third kappa shape index (κ3) is 4.55. The topological polar surface area (TPSA) is 165 Å². The summed E-state index contributed by atoms with van der Waals surface area (Å²) in [6.07, 6.45) is 1.24. The molecule has 2 heterocycles. The van der Waals surface area contributed by atoms with E-state index in [4.69, 9.17) is 4.74 Å². The second-order valence-corrected chi connectivity index (χ2v) is 9.78. The van der Waals surface area contributed by atoms with Crippen molar-refractivity contribution in [2.24, 2.45) is 4.99 Å². The molecule has 1 N–H and O–H groups in total. The average Bonchev–Trinajstić information content (AvgIpc) is 3.17. The van der Waals surface area contributed by atoms with Gasteiger partial charge in [-0.2, -0.15) is 5.26 Å². The number of aromatic nitrogens is 1. The molecule has 0 spiro atoms. The number of hydrogen-bond acceptors (Lipinski definition) is 10. The van der Waals surface area contributed by atoms with Gasteiger partial charge in [0.25, 0.3) is 5.56 Å². The molecule has 1 aliphatic heterocycles. The maximum absolute atomic E-state index is 12.8. The maximum Gasteiger partial charge on any atom is 0.340 e. The van der Waals surface area contributed by atoms with Gasteiger partial charge in [0, 0.05) is 6.21 Å². The molecule has 0 bridgehead atoms. The Labute approximate surface area is 194 Å². The van der Waals surface area contributed by atoms with E-state index in [1.54, 1.807) is 6.07 Å². The zero-order chi connectivity index (χ0) is 25.2. The molecule has 1 atom stereocenters. The summed E-state index contributed by atoms with van der Waals surface area (Å²) in [5.74, 6) is -2.46. The number of esters is 2. The summed E-state index contributed by atoms with van der Waals surface area (Å²) in [7, 11) is -1.03. The lowest BCUT2D eigenvalue weighted by Gasteiger charge is -2.18. The highest BCUT2D eigenvalue weighted by Crippen LogP contribution is 2.30. The maximum atomic E-state index is 12.8. The molecule has 3 rings (SSSR count). The summed E-state index contributed by atoms with van der Waals surface area (Å²) < 4.78 is 34.2. The summed E-state index contributed by atoms with van der Waals surface area (Å²) in [4.78, 5) is 41.1. The number of carbonyl (C=O) groups is 2. The van der Waals surface area contributed by atoms with Crippen LogP contribution < -0.4 is 5.56 Å². The molecule has 0 amide bonds. The molecular formula is C22H21N3O8S. The van der Waals surface area contributed by atoms with Crippen LogP contribution in [0.5, 0.6) is 5.88 Å². The Hall–Kier alpha value is -3.98. The smallest absolute Gasteiger partial charge is 0.340 e. The van der Waals surface area contributed by atoms with Crippen LogP contribution in [0.1, 0.15) is 49.9 Å². The first-order valence-corrected chi connectivity index (χ1v) is 11.8. The minimum Gasteiger partial charge on any atom is -0.494 e. The molecule has 1 saturated heterocycles. The molecule has 0 radical (unpaired) electrons. The van der Waals surface area contributed by atoms with Gasteiger partial charge in [-0.15, -0.1) is 0 Å². The number of carbonyl (C=O) groups excluding carboxylic acids is 2. The first-order valence-electron chi connectivity index (χ1n) is 9.98. The van der Waals surface area contributed by atoms with Crippen molar-refractivity contribution in [3.8, 4) is 11.9 Å². The zero-order valence-corrected chi connectivity index (χ0v) is 19.4. The number of pyridine rings is 1. The van der Waals surface area contributed by atoms with Crippen LogP contribution in [0, 0.1) is 18.3 Å². The Morgan fingerprint density at radius 2 is 1.94 bits per heavy atom. The number of aliphatic imine (C=N–C) groups is 1. The molecule has 1 aromatic carbocycles. The van der Waals surface area contributed by atoms with Crippen LogP contribution in [0.2, 0.25) is 0 Å². The van der Waals surface area contributed by atoms with Gasteiger partial charge in [0.15, 0.2) is 9.84 Å². The van der Waals surface area contributed by atoms with Gasteiger partial charge in [-0.3, -0.25) is 14.4 Å². The van der Waals surface area contributed by atoms with Crippen molar-refractivity contribution in [2.75, 3.05) is 25.7 Å². The molecule has 0 saturated carbocycles. The first kappa shape index (κ1) is 24.7. The van der Waals surface area contributed by atoms with Gasteiger partial charge in [0.05, 0.1) is 54.1 Å². The summed E-state index contributed by atoms with van der Waals surface area (Å²) in [6.45, 7) is 1.43. The number of nitrogens with zero attached hydrogens (tertiary/aromatic N) is 3. The van der Waals surface area contributed by atoms with Gasteiger partial charge in [-0.25, -0.2) is 18.0 Å². The quantitative estimate of drug-likeness (QED) is 0.485. The lowest BCUT2D eigenvalue weighted by atomic mass is 10.0. The Bertz CT molecular complexity index is 1420. The highest BCUT2D eigenvalue weighted by atomic mass is 32.2. The Morgan fingerprint density at radius 1 is 1.26 bits per heavy atom. The van der Waals surface area contributed by atoms with E-state index in [0.717, 1.165) is 10.8 Å².